The number of methoxy groups -OCH3 is 1. The second kappa shape index (κ2) is 8.15. The number of amides is 1. The van der Waals surface area contributed by atoms with Gasteiger partial charge in [-0.2, -0.15) is 0 Å². The predicted molar refractivity (Wildman–Crippen MR) is 77.0 cm³/mol. The molecule has 0 heterocycles. The summed E-state index contributed by atoms with van der Waals surface area (Å²) in [6.45, 7) is 1.16. The van der Waals surface area contributed by atoms with Crippen LogP contribution >= 0.6 is 11.6 Å². The fourth-order valence-corrected chi connectivity index (χ4v) is 1.92. The van der Waals surface area contributed by atoms with Crippen molar-refractivity contribution in [3.05, 3.63) is 34.9 Å². The van der Waals surface area contributed by atoms with E-state index in [0.29, 0.717) is 24.6 Å². The van der Waals surface area contributed by atoms with Crippen molar-refractivity contribution in [2.45, 2.75) is 25.4 Å². The van der Waals surface area contributed by atoms with E-state index < -0.39 is 6.04 Å². The van der Waals surface area contributed by atoms with Gasteiger partial charge in [0.05, 0.1) is 6.04 Å². The third kappa shape index (κ3) is 5.59. The van der Waals surface area contributed by atoms with Crippen molar-refractivity contribution in [3.8, 4) is 0 Å². The van der Waals surface area contributed by atoms with Gasteiger partial charge in [0.1, 0.15) is 0 Å². The summed E-state index contributed by atoms with van der Waals surface area (Å²) < 4.78 is 4.95. The molecule has 1 amide bonds. The largest absolute Gasteiger partial charge is 0.385 e. The van der Waals surface area contributed by atoms with Crippen molar-refractivity contribution >= 4 is 17.5 Å². The van der Waals surface area contributed by atoms with Gasteiger partial charge in [-0.15, -0.1) is 0 Å². The lowest BCUT2D eigenvalue weighted by atomic mass is 10.1. The molecule has 1 rings (SSSR count). The van der Waals surface area contributed by atoms with Crippen LogP contribution < -0.4 is 5.73 Å². The SMILES string of the molecule is COCCCC(N)C(=O)N(C)Cc1ccc(Cl)cc1. The number of hydrogen-bond acceptors (Lipinski definition) is 3. The fraction of sp³-hybridized carbons (Fsp3) is 0.500. The van der Waals surface area contributed by atoms with Crippen molar-refractivity contribution < 1.29 is 9.53 Å². The molecule has 0 spiro atoms. The summed E-state index contributed by atoms with van der Waals surface area (Å²) in [6.07, 6.45) is 1.43. The molecule has 0 aromatic heterocycles. The molecule has 19 heavy (non-hydrogen) atoms. The first kappa shape index (κ1) is 16.0. The average Bonchev–Trinajstić information content (AvgIpc) is 2.40. The third-order valence-corrected chi connectivity index (χ3v) is 3.14. The summed E-state index contributed by atoms with van der Waals surface area (Å²) in [5.41, 5.74) is 6.90. The van der Waals surface area contributed by atoms with Crippen LogP contribution in [0.3, 0.4) is 0 Å². The lowest BCUT2D eigenvalue weighted by Crippen LogP contribution is -2.41. The smallest absolute Gasteiger partial charge is 0.239 e. The molecule has 106 valence electrons. The molecular weight excluding hydrogens is 264 g/mol. The molecule has 1 aromatic carbocycles. The molecule has 1 atom stereocenters. The van der Waals surface area contributed by atoms with Crippen LogP contribution in [0.5, 0.6) is 0 Å². The van der Waals surface area contributed by atoms with Crippen molar-refractivity contribution in [3.63, 3.8) is 0 Å². The summed E-state index contributed by atoms with van der Waals surface area (Å²) in [4.78, 5) is 13.7. The number of nitrogens with zero attached hydrogens (tertiary/aromatic N) is 1. The Morgan fingerprint density at radius 2 is 2.05 bits per heavy atom. The number of carbonyl (C=O) groups excluding carboxylic acids is 1. The first-order chi connectivity index (χ1) is 9.04. The molecule has 0 saturated carbocycles. The number of carbonyl (C=O) groups is 1. The zero-order chi connectivity index (χ0) is 14.3. The molecule has 0 fully saturated rings. The van der Waals surface area contributed by atoms with Gasteiger partial charge in [-0.1, -0.05) is 23.7 Å². The summed E-state index contributed by atoms with van der Waals surface area (Å²) >= 11 is 5.82. The summed E-state index contributed by atoms with van der Waals surface area (Å²) in [6, 6.07) is 6.97. The summed E-state index contributed by atoms with van der Waals surface area (Å²) in [5, 5.41) is 0.689. The minimum absolute atomic E-state index is 0.0500. The molecule has 5 heteroatoms. The zero-order valence-electron chi connectivity index (χ0n) is 11.4. The van der Waals surface area contributed by atoms with E-state index in [1.54, 1.807) is 19.1 Å². The number of nitrogens with two attached hydrogens (primary N) is 1. The maximum atomic E-state index is 12.0. The highest BCUT2D eigenvalue weighted by molar-refractivity contribution is 6.30. The van der Waals surface area contributed by atoms with Gasteiger partial charge in [-0.3, -0.25) is 4.79 Å². The Kier molecular flexibility index (Phi) is 6.84. The van der Waals surface area contributed by atoms with Crippen LogP contribution in [0.2, 0.25) is 5.02 Å². The highest BCUT2D eigenvalue weighted by atomic mass is 35.5. The molecule has 2 N–H and O–H groups in total. The molecule has 0 aliphatic carbocycles. The van der Waals surface area contributed by atoms with Crippen molar-refractivity contribution in [1.82, 2.24) is 4.90 Å². The minimum atomic E-state index is -0.465. The first-order valence-electron chi connectivity index (χ1n) is 6.28. The van der Waals surface area contributed by atoms with Crippen LogP contribution in [0.1, 0.15) is 18.4 Å². The van der Waals surface area contributed by atoms with E-state index in [9.17, 15) is 4.79 Å². The van der Waals surface area contributed by atoms with Crippen molar-refractivity contribution in [2.75, 3.05) is 20.8 Å². The van der Waals surface area contributed by atoms with E-state index in [1.807, 2.05) is 24.3 Å². The van der Waals surface area contributed by atoms with Gasteiger partial charge in [0.15, 0.2) is 0 Å². The lowest BCUT2D eigenvalue weighted by Gasteiger charge is -2.21. The zero-order valence-corrected chi connectivity index (χ0v) is 12.2. The molecule has 4 nitrogen and oxygen atoms in total. The summed E-state index contributed by atoms with van der Waals surface area (Å²) in [5.74, 6) is -0.0500. The van der Waals surface area contributed by atoms with E-state index >= 15 is 0 Å². The van der Waals surface area contributed by atoms with Gasteiger partial charge < -0.3 is 15.4 Å². The van der Waals surface area contributed by atoms with Gasteiger partial charge in [0, 0.05) is 32.3 Å². The highest BCUT2D eigenvalue weighted by Crippen LogP contribution is 2.11. The quantitative estimate of drug-likeness (QED) is 0.780. The van der Waals surface area contributed by atoms with Crippen LogP contribution in [-0.2, 0) is 16.1 Å². The molecule has 0 aliphatic rings. The topological polar surface area (TPSA) is 55.6 Å². The van der Waals surface area contributed by atoms with E-state index in [-0.39, 0.29) is 5.91 Å². The predicted octanol–water partition coefficient (Wildman–Crippen LogP) is 2.05. The van der Waals surface area contributed by atoms with Gasteiger partial charge in [-0.05, 0) is 30.5 Å². The maximum Gasteiger partial charge on any atom is 0.239 e. The van der Waals surface area contributed by atoms with Crippen LogP contribution in [0, 0.1) is 0 Å². The van der Waals surface area contributed by atoms with Crippen LogP contribution in [-0.4, -0.2) is 37.6 Å². The van der Waals surface area contributed by atoms with Gasteiger partial charge in [-0.25, -0.2) is 0 Å². The second-order valence-electron chi connectivity index (χ2n) is 4.56. The van der Waals surface area contributed by atoms with E-state index in [2.05, 4.69) is 0 Å². The van der Waals surface area contributed by atoms with Gasteiger partial charge >= 0.3 is 0 Å². The molecule has 1 unspecified atom stereocenters. The van der Waals surface area contributed by atoms with Gasteiger partial charge in [0.2, 0.25) is 5.91 Å². The Bertz CT molecular complexity index is 395. The average molecular weight is 285 g/mol. The fourth-order valence-electron chi connectivity index (χ4n) is 1.80. The third-order valence-electron chi connectivity index (χ3n) is 2.89. The monoisotopic (exact) mass is 284 g/mol. The molecule has 1 aromatic rings. The highest BCUT2D eigenvalue weighted by Gasteiger charge is 2.17. The van der Waals surface area contributed by atoms with Crippen molar-refractivity contribution in [1.29, 1.82) is 0 Å². The van der Waals surface area contributed by atoms with E-state index in [4.69, 9.17) is 22.1 Å². The normalized spacial score (nSPS) is 12.2. The lowest BCUT2D eigenvalue weighted by molar-refractivity contribution is -0.132. The molecule has 0 aliphatic heterocycles. The number of benzene rings is 1. The van der Waals surface area contributed by atoms with E-state index in [1.165, 1.54) is 0 Å². The number of hydrogen-bond donors (Lipinski definition) is 1. The van der Waals surface area contributed by atoms with Crippen molar-refractivity contribution in [2.24, 2.45) is 5.73 Å². The Morgan fingerprint density at radius 3 is 2.63 bits per heavy atom. The summed E-state index contributed by atoms with van der Waals surface area (Å²) in [7, 11) is 3.40. The number of likely N-dealkylation sites (N-methyl/N-ethyl adjacent to an activating group) is 1. The number of rotatable bonds is 7. The molecular formula is C14H21ClN2O2. The number of ether oxygens (including phenoxy) is 1. The van der Waals surface area contributed by atoms with Crippen LogP contribution in [0.25, 0.3) is 0 Å². The Labute approximate surface area is 119 Å². The van der Waals surface area contributed by atoms with Crippen LogP contribution in [0.15, 0.2) is 24.3 Å². The molecule has 0 bridgehead atoms. The maximum absolute atomic E-state index is 12.0. The Balaban J connectivity index is 2.45. The van der Waals surface area contributed by atoms with Gasteiger partial charge in [0.25, 0.3) is 0 Å². The second-order valence-corrected chi connectivity index (χ2v) is 5.00. The Hall–Kier alpha value is -1.10. The van der Waals surface area contributed by atoms with E-state index in [0.717, 1.165) is 12.0 Å². The minimum Gasteiger partial charge on any atom is -0.385 e. The Morgan fingerprint density at radius 1 is 1.42 bits per heavy atom. The van der Waals surface area contributed by atoms with Crippen LogP contribution in [0.4, 0.5) is 0 Å². The molecule has 0 saturated heterocycles. The standard InChI is InChI=1S/C14H21ClN2O2/c1-17(10-11-5-7-12(15)8-6-11)14(18)13(16)4-3-9-19-2/h5-8,13H,3-4,9-10,16H2,1-2H3. The first-order valence-corrected chi connectivity index (χ1v) is 6.66. The molecule has 0 radical (unpaired) electrons. The number of halogens is 1.